The summed E-state index contributed by atoms with van der Waals surface area (Å²) in [6, 6.07) is 4.95. The van der Waals surface area contributed by atoms with Crippen molar-refractivity contribution in [2.75, 3.05) is 11.9 Å². The number of aliphatic hydroxyl groups is 1. The zero-order valence-corrected chi connectivity index (χ0v) is 12.1. The molecule has 0 heterocycles. The van der Waals surface area contributed by atoms with Gasteiger partial charge in [0.25, 0.3) is 0 Å². The average Bonchev–Trinajstić information content (AvgIpc) is 2.26. The van der Waals surface area contributed by atoms with E-state index in [4.69, 9.17) is 0 Å². The van der Waals surface area contributed by atoms with Crippen LogP contribution in [0.15, 0.2) is 18.2 Å². The quantitative estimate of drug-likeness (QED) is 0.869. The van der Waals surface area contributed by atoms with Crippen LogP contribution in [0.2, 0.25) is 0 Å². The first-order chi connectivity index (χ1) is 8.84. The summed E-state index contributed by atoms with van der Waals surface area (Å²) in [7, 11) is 0. The molecule has 1 saturated carbocycles. The number of halogens is 1. The molecule has 2 rings (SSSR count). The molecule has 0 saturated heterocycles. The third kappa shape index (κ3) is 3.47. The molecule has 1 atom stereocenters. The zero-order valence-electron chi connectivity index (χ0n) is 12.1. The normalized spacial score (nSPS) is 26.2. The van der Waals surface area contributed by atoms with E-state index in [9.17, 15) is 9.50 Å². The van der Waals surface area contributed by atoms with Gasteiger partial charge in [0.15, 0.2) is 0 Å². The first-order valence-corrected chi connectivity index (χ1v) is 7.01. The van der Waals surface area contributed by atoms with E-state index in [0.29, 0.717) is 0 Å². The second-order valence-corrected chi connectivity index (χ2v) is 6.78. The van der Waals surface area contributed by atoms with E-state index in [0.717, 1.165) is 30.5 Å². The van der Waals surface area contributed by atoms with E-state index >= 15 is 0 Å². The van der Waals surface area contributed by atoms with E-state index in [2.05, 4.69) is 19.2 Å². The summed E-state index contributed by atoms with van der Waals surface area (Å²) in [5.41, 5.74) is 1.56. The van der Waals surface area contributed by atoms with Crippen molar-refractivity contribution in [1.82, 2.24) is 0 Å². The van der Waals surface area contributed by atoms with Crippen LogP contribution in [0.5, 0.6) is 0 Å². The third-order valence-electron chi connectivity index (χ3n) is 4.08. The minimum absolute atomic E-state index is 0.0893. The highest BCUT2D eigenvalue weighted by Gasteiger charge is 2.39. The van der Waals surface area contributed by atoms with E-state index in [1.54, 1.807) is 0 Å². The fraction of sp³-hybridized carbons (Fsp3) is 0.625. The number of aliphatic hydroxyl groups excluding tert-OH is 1. The van der Waals surface area contributed by atoms with E-state index in [1.807, 2.05) is 13.0 Å². The zero-order chi connectivity index (χ0) is 14.1. The molecule has 0 bridgehead atoms. The lowest BCUT2D eigenvalue weighted by Crippen LogP contribution is -2.48. The molecular weight excluding hydrogens is 241 g/mol. The smallest absolute Gasteiger partial charge is 0.125 e. The van der Waals surface area contributed by atoms with Crippen LogP contribution in [-0.2, 0) is 0 Å². The Kier molecular flexibility index (Phi) is 3.86. The lowest BCUT2D eigenvalue weighted by atomic mass is 9.68. The van der Waals surface area contributed by atoms with Crippen LogP contribution in [0.4, 0.5) is 10.1 Å². The van der Waals surface area contributed by atoms with E-state index in [-0.39, 0.29) is 23.4 Å². The van der Waals surface area contributed by atoms with Crippen LogP contribution in [-0.4, -0.2) is 17.3 Å². The highest BCUT2D eigenvalue weighted by Crippen LogP contribution is 2.42. The summed E-state index contributed by atoms with van der Waals surface area (Å²) in [5.74, 6) is -0.231. The molecule has 0 spiro atoms. The second kappa shape index (κ2) is 5.12. The first-order valence-electron chi connectivity index (χ1n) is 7.01. The fourth-order valence-electron chi connectivity index (χ4n) is 3.39. The number of rotatable bonds is 3. The Bertz CT molecular complexity index is 438. The standard InChI is InChI=1S/C16H24FNO/c1-12-7-13(17)9-14(8-12)18-16(11-19)6-4-5-15(2,3)10-16/h7-9,18-19H,4-6,10-11H2,1-3H3. The molecule has 3 heteroatoms. The van der Waals surface area contributed by atoms with Gasteiger partial charge in [-0.3, -0.25) is 0 Å². The number of hydrogen-bond acceptors (Lipinski definition) is 2. The summed E-state index contributed by atoms with van der Waals surface area (Å²) in [6.45, 7) is 6.43. The van der Waals surface area contributed by atoms with Crippen molar-refractivity contribution >= 4 is 5.69 Å². The molecule has 0 aromatic heterocycles. The summed E-state index contributed by atoms with van der Waals surface area (Å²) < 4.78 is 13.5. The van der Waals surface area contributed by atoms with Gasteiger partial charge in [0.1, 0.15) is 5.82 Å². The highest BCUT2D eigenvalue weighted by atomic mass is 19.1. The van der Waals surface area contributed by atoms with Gasteiger partial charge in [-0.2, -0.15) is 0 Å². The maximum Gasteiger partial charge on any atom is 0.125 e. The van der Waals surface area contributed by atoms with Crippen molar-refractivity contribution in [2.24, 2.45) is 5.41 Å². The Labute approximate surface area is 115 Å². The Morgan fingerprint density at radius 2 is 2.00 bits per heavy atom. The highest BCUT2D eigenvalue weighted by molar-refractivity contribution is 5.48. The number of nitrogens with one attached hydrogen (secondary N) is 1. The topological polar surface area (TPSA) is 32.3 Å². The molecule has 1 aromatic carbocycles. The Morgan fingerprint density at radius 1 is 1.26 bits per heavy atom. The molecule has 1 fully saturated rings. The predicted octanol–water partition coefficient (Wildman–Crippen LogP) is 3.88. The van der Waals surface area contributed by atoms with Gasteiger partial charge in [-0.1, -0.05) is 20.3 Å². The SMILES string of the molecule is Cc1cc(F)cc(NC2(CO)CCCC(C)(C)C2)c1. The second-order valence-electron chi connectivity index (χ2n) is 6.78. The maximum absolute atomic E-state index is 13.5. The van der Waals surface area contributed by atoms with Gasteiger partial charge in [-0.15, -0.1) is 0 Å². The van der Waals surface area contributed by atoms with Crippen molar-refractivity contribution < 1.29 is 9.50 Å². The Morgan fingerprint density at radius 3 is 2.58 bits per heavy atom. The fourth-order valence-corrected chi connectivity index (χ4v) is 3.39. The molecular formula is C16H24FNO. The van der Waals surface area contributed by atoms with Gasteiger partial charge in [0.2, 0.25) is 0 Å². The van der Waals surface area contributed by atoms with Gasteiger partial charge in [0, 0.05) is 5.69 Å². The van der Waals surface area contributed by atoms with Gasteiger partial charge < -0.3 is 10.4 Å². The van der Waals surface area contributed by atoms with E-state index < -0.39 is 0 Å². The summed E-state index contributed by atoms with van der Waals surface area (Å²) in [5, 5.41) is 13.2. The van der Waals surface area contributed by atoms with Crippen molar-refractivity contribution in [3.63, 3.8) is 0 Å². The molecule has 0 amide bonds. The van der Waals surface area contributed by atoms with Crippen molar-refractivity contribution in [2.45, 2.75) is 52.0 Å². The molecule has 1 aliphatic carbocycles. The van der Waals surface area contributed by atoms with Crippen molar-refractivity contribution in [3.05, 3.63) is 29.6 Å². The first kappa shape index (κ1) is 14.3. The van der Waals surface area contributed by atoms with Crippen LogP contribution in [0, 0.1) is 18.2 Å². The lowest BCUT2D eigenvalue weighted by molar-refractivity contribution is 0.105. The summed E-state index contributed by atoms with van der Waals surface area (Å²) in [6.07, 6.45) is 4.11. The van der Waals surface area contributed by atoms with Gasteiger partial charge >= 0.3 is 0 Å². The summed E-state index contributed by atoms with van der Waals surface area (Å²) in [4.78, 5) is 0. The maximum atomic E-state index is 13.5. The van der Waals surface area contributed by atoms with Crippen LogP contribution >= 0.6 is 0 Å². The minimum atomic E-state index is -0.317. The van der Waals surface area contributed by atoms with Crippen LogP contribution in [0.25, 0.3) is 0 Å². The molecule has 1 aliphatic rings. The third-order valence-corrected chi connectivity index (χ3v) is 4.08. The largest absolute Gasteiger partial charge is 0.394 e. The van der Waals surface area contributed by atoms with Gasteiger partial charge in [-0.25, -0.2) is 4.39 Å². The van der Waals surface area contributed by atoms with Crippen molar-refractivity contribution in [1.29, 1.82) is 0 Å². The molecule has 2 nitrogen and oxygen atoms in total. The van der Waals surface area contributed by atoms with Crippen LogP contribution in [0.1, 0.15) is 45.1 Å². The molecule has 1 unspecified atom stereocenters. The predicted molar refractivity (Wildman–Crippen MR) is 76.8 cm³/mol. The van der Waals surface area contributed by atoms with Crippen LogP contribution < -0.4 is 5.32 Å². The molecule has 0 radical (unpaired) electrons. The Hall–Kier alpha value is -1.09. The molecule has 106 valence electrons. The molecule has 19 heavy (non-hydrogen) atoms. The number of aryl methyl sites for hydroxylation is 1. The molecule has 0 aliphatic heterocycles. The number of hydrogen-bond donors (Lipinski definition) is 2. The lowest BCUT2D eigenvalue weighted by Gasteiger charge is -2.45. The average molecular weight is 265 g/mol. The molecule has 2 N–H and O–H groups in total. The number of benzene rings is 1. The summed E-state index contributed by atoms with van der Waals surface area (Å²) >= 11 is 0. The van der Waals surface area contributed by atoms with Crippen LogP contribution in [0.3, 0.4) is 0 Å². The van der Waals surface area contributed by atoms with Crippen molar-refractivity contribution in [3.8, 4) is 0 Å². The Balaban J connectivity index is 2.22. The monoisotopic (exact) mass is 265 g/mol. The van der Waals surface area contributed by atoms with E-state index in [1.165, 1.54) is 18.6 Å². The number of anilines is 1. The minimum Gasteiger partial charge on any atom is -0.394 e. The van der Waals surface area contributed by atoms with Gasteiger partial charge in [0.05, 0.1) is 12.1 Å². The van der Waals surface area contributed by atoms with Gasteiger partial charge in [-0.05, 0) is 55.4 Å². The molecule has 1 aromatic rings.